The van der Waals surface area contributed by atoms with Crippen molar-refractivity contribution in [2.24, 2.45) is 0 Å². The number of rotatable bonds is 2. The maximum Gasteiger partial charge on any atom is 0.255 e. The first kappa shape index (κ1) is 14.2. The van der Waals surface area contributed by atoms with Gasteiger partial charge in [0.15, 0.2) is 0 Å². The van der Waals surface area contributed by atoms with Gasteiger partial charge in [0.25, 0.3) is 5.91 Å². The van der Waals surface area contributed by atoms with E-state index in [0.29, 0.717) is 13.2 Å². The lowest BCUT2D eigenvalue weighted by Gasteiger charge is -2.38. The number of carbonyl (C=O) groups is 1. The maximum atomic E-state index is 13.0. The molecule has 4 rings (SSSR count). The number of fused-ring (bicyclic) bond motifs is 2. The van der Waals surface area contributed by atoms with Crippen LogP contribution in [-0.2, 0) is 9.47 Å². The number of hydrogen-bond donors (Lipinski definition) is 0. The molecule has 116 valence electrons. The molecule has 1 aromatic carbocycles. The number of morpholine rings is 1. The quantitative estimate of drug-likeness (QED) is 0.855. The van der Waals surface area contributed by atoms with E-state index in [4.69, 9.17) is 9.47 Å². The van der Waals surface area contributed by atoms with Gasteiger partial charge in [0.05, 0.1) is 24.3 Å². The third-order valence-electron chi connectivity index (χ3n) is 4.81. The van der Waals surface area contributed by atoms with Gasteiger partial charge in [-0.15, -0.1) is 11.3 Å². The number of thiophene rings is 1. The lowest BCUT2D eigenvalue weighted by molar-refractivity contribution is -0.0946. The maximum absolute atomic E-state index is 13.0. The molecule has 1 saturated carbocycles. The molecule has 5 heteroatoms. The van der Waals surface area contributed by atoms with Crippen molar-refractivity contribution in [1.29, 1.82) is 0 Å². The summed E-state index contributed by atoms with van der Waals surface area (Å²) in [7, 11) is 1.73. The Labute approximate surface area is 133 Å². The number of ether oxygens (including phenoxy) is 2. The summed E-state index contributed by atoms with van der Waals surface area (Å²) in [5, 5.41) is 3.04. The van der Waals surface area contributed by atoms with Crippen LogP contribution in [0.25, 0.3) is 10.1 Å². The number of nitrogens with zero attached hydrogens (tertiary/aromatic N) is 1. The number of methoxy groups -OCH3 is 1. The summed E-state index contributed by atoms with van der Waals surface area (Å²) >= 11 is 1.63. The van der Waals surface area contributed by atoms with Gasteiger partial charge in [-0.1, -0.05) is 18.2 Å². The topological polar surface area (TPSA) is 38.8 Å². The van der Waals surface area contributed by atoms with E-state index in [0.717, 1.165) is 28.5 Å². The second-order valence-corrected chi connectivity index (χ2v) is 6.81. The van der Waals surface area contributed by atoms with Crippen molar-refractivity contribution in [3.05, 3.63) is 35.2 Å². The van der Waals surface area contributed by atoms with Crippen LogP contribution >= 0.6 is 11.3 Å². The van der Waals surface area contributed by atoms with E-state index in [-0.39, 0.29) is 24.2 Å². The zero-order valence-electron chi connectivity index (χ0n) is 12.5. The van der Waals surface area contributed by atoms with E-state index in [1.807, 2.05) is 28.5 Å². The standard InChI is InChI=1S/C17H19NO3S/c1-20-14-7-6-13-16(14)21-9-8-18(13)17(19)12-10-22-15-5-3-2-4-11(12)15/h2-5,10,13-14,16H,6-9H2,1H3/t13-,14-,16+/m0/s1. The average Bonchev–Trinajstić information content (AvgIpc) is 3.17. The van der Waals surface area contributed by atoms with Crippen LogP contribution in [0.1, 0.15) is 23.2 Å². The number of benzene rings is 1. The summed E-state index contributed by atoms with van der Waals surface area (Å²) in [6.07, 6.45) is 2.05. The minimum atomic E-state index is 0.0209. The molecule has 4 nitrogen and oxygen atoms in total. The van der Waals surface area contributed by atoms with Crippen LogP contribution in [0.2, 0.25) is 0 Å². The molecular weight excluding hydrogens is 298 g/mol. The van der Waals surface area contributed by atoms with Crippen molar-refractivity contribution >= 4 is 27.3 Å². The summed E-state index contributed by atoms with van der Waals surface area (Å²) in [5.74, 6) is 0.132. The lowest BCUT2D eigenvalue weighted by Crippen LogP contribution is -2.53. The SMILES string of the molecule is CO[C@H]1CC[C@H]2[C@H]1OCCN2C(=O)c1csc2ccccc12. The second-order valence-electron chi connectivity index (χ2n) is 5.90. The minimum Gasteiger partial charge on any atom is -0.379 e. The first-order valence-electron chi connectivity index (χ1n) is 7.71. The van der Waals surface area contributed by atoms with Crippen molar-refractivity contribution in [2.45, 2.75) is 31.1 Å². The molecule has 2 aromatic rings. The predicted octanol–water partition coefficient (Wildman–Crippen LogP) is 2.92. The molecule has 22 heavy (non-hydrogen) atoms. The molecule has 0 spiro atoms. The molecule has 0 N–H and O–H groups in total. The zero-order chi connectivity index (χ0) is 15.1. The fourth-order valence-electron chi connectivity index (χ4n) is 3.72. The highest BCUT2D eigenvalue weighted by molar-refractivity contribution is 7.17. The fraction of sp³-hybridized carbons (Fsp3) is 0.471. The molecule has 0 unspecified atom stereocenters. The Kier molecular flexibility index (Phi) is 3.64. The third kappa shape index (κ3) is 2.16. The van der Waals surface area contributed by atoms with Crippen LogP contribution in [0.4, 0.5) is 0 Å². The van der Waals surface area contributed by atoms with E-state index >= 15 is 0 Å². The predicted molar refractivity (Wildman–Crippen MR) is 86.4 cm³/mol. The van der Waals surface area contributed by atoms with E-state index < -0.39 is 0 Å². The van der Waals surface area contributed by atoms with Crippen LogP contribution in [0.3, 0.4) is 0 Å². The minimum absolute atomic E-state index is 0.0209. The monoisotopic (exact) mass is 317 g/mol. The van der Waals surface area contributed by atoms with Crippen LogP contribution in [-0.4, -0.2) is 49.3 Å². The summed E-state index contributed by atoms with van der Waals surface area (Å²) in [6.45, 7) is 1.26. The van der Waals surface area contributed by atoms with Crippen molar-refractivity contribution in [1.82, 2.24) is 4.90 Å². The third-order valence-corrected chi connectivity index (χ3v) is 5.77. The van der Waals surface area contributed by atoms with Crippen LogP contribution in [0.15, 0.2) is 29.6 Å². The largest absolute Gasteiger partial charge is 0.379 e. The van der Waals surface area contributed by atoms with Gasteiger partial charge in [-0.3, -0.25) is 4.79 Å². The van der Waals surface area contributed by atoms with Crippen LogP contribution in [0, 0.1) is 0 Å². The van der Waals surface area contributed by atoms with Crippen molar-refractivity contribution in [2.75, 3.05) is 20.3 Å². The van der Waals surface area contributed by atoms with Gasteiger partial charge in [-0.25, -0.2) is 0 Å². The highest BCUT2D eigenvalue weighted by Crippen LogP contribution is 2.34. The first-order valence-corrected chi connectivity index (χ1v) is 8.59. The summed E-state index contributed by atoms with van der Waals surface area (Å²) in [4.78, 5) is 15.1. The Bertz CT molecular complexity index is 698. The van der Waals surface area contributed by atoms with Crippen molar-refractivity contribution < 1.29 is 14.3 Å². The van der Waals surface area contributed by atoms with E-state index in [9.17, 15) is 4.79 Å². The molecule has 3 atom stereocenters. The molecule has 1 aromatic heterocycles. The molecule has 1 aliphatic heterocycles. The van der Waals surface area contributed by atoms with Crippen LogP contribution in [0.5, 0.6) is 0 Å². The zero-order valence-corrected chi connectivity index (χ0v) is 13.3. The molecule has 1 aliphatic carbocycles. The summed E-state index contributed by atoms with van der Waals surface area (Å²) in [5.41, 5.74) is 0.821. The van der Waals surface area contributed by atoms with Gasteiger partial charge in [-0.2, -0.15) is 0 Å². The smallest absolute Gasteiger partial charge is 0.255 e. The Morgan fingerprint density at radius 3 is 3.09 bits per heavy atom. The molecule has 1 amide bonds. The Hall–Kier alpha value is -1.43. The Morgan fingerprint density at radius 1 is 1.36 bits per heavy atom. The molecule has 1 saturated heterocycles. The molecular formula is C17H19NO3S. The normalized spacial score (nSPS) is 28.0. The van der Waals surface area contributed by atoms with Gasteiger partial charge < -0.3 is 14.4 Å². The molecule has 0 radical (unpaired) electrons. The number of hydrogen-bond acceptors (Lipinski definition) is 4. The van der Waals surface area contributed by atoms with E-state index in [1.165, 1.54) is 0 Å². The summed E-state index contributed by atoms with van der Waals surface area (Å²) in [6, 6.07) is 8.24. The van der Waals surface area contributed by atoms with Gasteiger partial charge in [0.1, 0.15) is 6.10 Å². The molecule has 2 heterocycles. The summed E-state index contributed by atoms with van der Waals surface area (Å²) < 4.78 is 12.5. The van der Waals surface area contributed by atoms with E-state index in [1.54, 1.807) is 18.4 Å². The van der Waals surface area contributed by atoms with Crippen molar-refractivity contribution in [3.63, 3.8) is 0 Å². The average molecular weight is 317 g/mol. The molecule has 2 aliphatic rings. The van der Waals surface area contributed by atoms with Gasteiger partial charge in [0, 0.05) is 29.1 Å². The van der Waals surface area contributed by atoms with Gasteiger partial charge in [0.2, 0.25) is 0 Å². The fourth-order valence-corrected chi connectivity index (χ4v) is 4.65. The number of amides is 1. The highest BCUT2D eigenvalue weighted by Gasteiger charge is 2.44. The highest BCUT2D eigenvalue weighted by atomic mass is 32.1. The van der Waals surface area contributed by atoms with Gasteiger partial charge in [-0.05, 0) is 18.9 Å². The van der Waals surface area contributed by atoms with E-state index in [2.05, 4.69) is 6.07 Å². The Morgan fingerprint density at radius 2 is 2.23 bits per heavy atom. The first-order chi connectivity index (χ1) is 10.8. The van der Waals surface area contributed by atoms with Crippen molar-refractivity contribution in [3.8, 4) is 0 Å². The second kappa shape index (κ2) is 5.65. The molecule has 2 fully saturated rings. The Balaban J connectivity index is 1.65. The lowest BCUT2D eigenvalue weighted by atomic mass is 10.1. The number of carbonyl (C=O) groups excluding carboxylic acids is 1. The molecule has 0 bridgehead atoms. The van der Waals surface area contributed by atoms with Crippen LogP contribution < -0.4 is 0 Å². The van der Waals surface area contributed by atoms with Gasteiger partial charge >= 0.3 is 0 Å².